The van der Waals surface area contributed by atoms with E-state index in [0.717, 1.165) is 29.2 Å². The summed E-state index contributed by atoms with van der Waals surface area (Å²) in [5.74, 6) is 3.60. The van der Waals surface area contributed by atoms with Gasteiger partial charge in [-0.05, 0) is 93.6 Å². The number of ketones is 1. The molecule has 4 rings (SSSR count). The Morgan fingerprint density at radius 3 is 2.50 bits per heavy atom. The van der Waals surface area contributed by atoms with Gasteiger partial charge in [-0.3, -0.25) is 4.79 Å². The molecule has 1 heterocycles. The molecule has 3 nitrogen and oxygen atoms in total. The molecule has 3 heteroatoms. The molecule has 1 unspecified atom stereocenters. The van der Waals surface area contributed by atoms with Gasteiger partial charge in [0.25, 0.3) is 0 Å². The molecule has 3 fully saturated rings. The summed E-state index contributed by atoms with van der Waals surface area (Å²) < 4.78 is 5.58. The van der Waals surface area contributed by atoms with Crippen LogP contribution in [0.2, 0.25) is 0 Å². The normalized spacial score (nSPS) is 30.7. The molecule has 2 aliphatic carbocycles. The summed E-state index contributed by atoms with van der Waals surface area (Å²) in [6.45, 7) is 4.04. The van der Waals surface area contributed by atoms with Gasteiger partial charge in [0.15, 0.2) is 5.78 Å². The fourth-order valence-corrected chi connectivity index (χ4v) is 5.47. The van der Waals surface area contributed by atoms with Crippen molar-refractivity contribution in [1.29, 1.82) is 0 Å². The van der Waals surface area contributed by atoms with Gasteiger partial charge in [0.1, 0.15) is 5.75 Å². The standard InChI is InChI=1S/C21H29NO2/c1-14(23)17-5-6-21(24-2)19(13-17)16-7-9-22(10-8-16)20-12-15-3-4-18(20)11-15/h5-6,13,15-16,18,20H,3-4,7-12H2,1-2H3/t15-,18?,20-/m0/s1. The first-order chi connectivity index (χ1) is 11.7. The fourth-order valence-electron chi connectivity index (χ4n) is 5.47. The highest BCUT2D eigenvalue weighted by molar-refractivity contribution is 5.94. The molecule has 2 bridgehead atoms. The van der Waals surface area contributed by atoms with Crippen molar-refractivity contribution < 1.29 is 9.53 Å². The third-order valence-corrected chi connectivity index (χ3v) is 6.78. The van der Waals surface area contributed by atoms with Gasteiger partial charge in [-0.25, -0.2) is 0 Å². The number of benzene rings is 1. The molecule has 0 radical (unpaired) electrons. The van der Waals surface area contributed by atoms with E-state index in [0.29, 0.717) is 5.92 Å². The third kappa shape index (κ3) is 2.88. The first kappa shape index (κ1) is 16.1. The van der Waals surface area contributed by atoms with E-state index in [2.05, 4.69) is 11.0 Å². The van der Waals surface area contributed by atoms with E-state index in [1.807, 2.05) is 12.1 Å². The molecule has 3 aliphatic rings. The van der Waals surface area contributed by atoms with E-state index in [1.54, 1.807) is 14.0 Å². The zero-order valence-corrected chi connectivity index (χ0v) is 15.0. The van der Waals surface area contributed by atoms with E-state index >= 15 is 0 Å². The van der Waals surface area contributed by atoms with Crippen LogP contribution in [0.25, 0.3) is 0 Å². The van der Waals surface area contributed by atoms with Gasteiger partial charge in [0.2, 0.25) is 0 Å². The summed E-state index contributed by atoms with van der Waals surface area (Å²) in [4.78, 5) is 14.5. The number of piperidine rings is 1. The van der Waals surface area contributed by atoms with Crippen molar-refractivity contribution in [3.8, 4) is 5.75 Å². The number of nitrogens with zero attached hydrogens (tertiary/aromatic N) is 1. The Hall–Kier alpha value is -1.35. The second kappa shape index (κ2) is 6.51. The van der Waals surface area contributed by atoms with Crippen LogP contribution in [-0.2, 0) is 0 Å². The lowest BCUT2D eigenvalue weighted by atomic mass is 9.85. The fraction of sp³-hybridized carbons (Fsp3) is 0.667. The molecule has 0 amide bonds. The summed E-state index contributed by atoms with van der Waals surface area (Å²) in [5.41, 5.74) is 2.04. The average Bonchev–Trinajstić information content (AvgIpc) is 3.24. The molecule has 0 N–H and O–H groups in total. The Bertz CT molecular complexity index is 618. The highest BCUT2D eigenvalue weighted by Gasteiger charge is 2.43. The summed E-state index contributed by atoms with van der Waals surface area (Å²) in [6.07, 6.45) is 8.24. The van der Waals surface area contributed by atoms with E-state index in [1.165, 1.54) is 57.2 Å². The van der Waals surface area contributed by atoms with E-state index in [4.69, 9.17) is 4.74 Å². The minimum absolute atomic E-state index is 0.137. The minimum Gasteiger partial charge on any atom is -0.496 e. The Morgan fingerprint density at radius 2 is 1.92 bits per heavy atom. The van der Waals surface area contributed by atoms with Crippen LogP contribution in [0.4, 0.5) is 0 Å². The van der Waals surface area contributed by atoms with Crippen LogP contribution in [0.5, 0.6) is 5.75 Å². The number of hydrogen-bond acceptors (Lipinski definition) is 3. The van der Waals surface area contributed by atoms with Gasteiger partial charge in [-0.2, -0.15) is 0 Å². The molecule has 1 aromatic rings. The first-order valence-corrected chi connectivity index (χ1v) is 9.58. The number of carbonyl (C=O) groups is 1. The van der Waals surface area contributed by atoms with E-state index < -0.39 is 0 Å². The molecule has 0 spiro atoms. The largest absolute Gasteiger partial charge is 0.496 e. The summed E-state index contributed by atoms with van der Waals surface area (Å²) >= 11 is 0. The second-order valence-electron chi connectivity index (χ2n) is 8.07. The van der Waals surface area contributed by atoms with Gasteiger partial charge in [0, 0.05) is 11.6 Å². The number of Topliss-reactive ketones (excluding diaryl/α,β-unsaturated/α-hetero) is 1. The Morgan fingerprint density at radius 1 is 1.12 bits per heavy atom. The van der Waals surface area contributed by atoms with Gasteiger partial charge >= 0.3 is 0 Å². The monoisotopic (exact) mass is 327 g/mol. The molecule has 24 heavy (non-hydrogen) atoms. The molecular formula is C21H29NO2. The van der Waals surface area contributed by atoms with Crippen LogP contribution < -0.4 is 4.74 Å². The van der Waals surface area contributed by atoms with Crippen LogP contribution in [0.1, 0.15) is 67.3 Å². The predicted octanol–water partition coefficient (Wildman–Crippen LogP) is 4.27. The molecule has 2 saturated carbocycles. The van der Waals surface area contributed by atoms with Crippen molar-refractivity contribution in [3.05, 3.63) is 29.3 Å². The zero-order chi connectivity index (χ0) is 16.7. The lowest BCUT2D eigenvalue weighted by Crippen LogP contribution is -2.43. The van der Waals surface area contributed by atoms with Crippen LogP contribution in [0.15, 0.2) is 18.2 Å². The highest BCUT2D eigenvalue weighted by atomic mass is 16.5. The number of ether oxygens (including phenoxy) is 1. The minimum atomic E-state index is 0.137. The lowest BCUT2D eigenvalue weighted by molar-refractivity contribution is 0.101. The summed E-state index contributed by atoms with van der Waals surface area (Å²) in [6, 6.07) is 6.78. The van der Waals surface area contributed by atoms with Gasteiger partial charge in [0.05, 0.1) is 7.11 Å². The van der Waals surface area contributed by atoms with E-state index in [-0.39, 0.29) is 5.78 Å². The maximum absolute atomic E-state index is 11.7. The van der Waals surface area contributed by atoms with Crippen molar-refractivity contribution in [3.63, 3.8) is 0 Å². The SMILES string of the molecule is COc1ccc(C(C)=O)cc1C1CCN([C@H]2C[C@H]3CCC2C3)CC1. The van der Waals surface area contributed by atoms with Crippen LogP contribution in [-0.4, -0.2) is 36.9 Å². The Labute approximate surface area is 145 Å². The number of methoxy groups -OCH3 is 1. The van der Waals surface area contributed by atoms with Gasteiger partial charge in [-0.1, -0.05) is 6.42 Å². The Balaban J connectivity index is 1.45. The number of rotatable bonds is 4. The van der Waals surface area contributed by atoms with Crippen LogP contribution >= 0.6 is 0 Å². The van der Waals surface area contributed by atoms with Gasteiger partial charge in [-0.15, -0.1) is 0 Å². The molecule has 0 aromatic heterocycles. The summed E-state index contributed by atoms with van der Waals surface area (Å²) in [5, 5.41) is 0. The molecule has 3 atom stereocenters. The van der Waals surface area contributed by atoms with Gasteiger partial charge < -0.3 is 9.64 Å². The van der Waals surface area contributed by atoms with Crippen molar-refractivity contribution in [2.45, 2.75) is 57.4 Å². The Kier molecular flexibility index (Phi) is 4.38. The van der Waals surface area contributed by atoms with Crippen LogP contribution in [0.3, 0.4) is 0 Å². The summed E-state index contributed by atoms with van der Waals surface area (Å²) in [7, 11) is 1.73. The first-order valence-electron chi connectivity index (χ1n) is 9.58. The topological polar surface area (TPSA) is 29.5 Å². The zero-order valence-electron chi connectivity index (χ0n) is 15.0. The van der Waals surface area contributed by atoms with Crippen molar-refractivity contribution in [1.82, 2.24) is 4.90 Å². The maximum atomic E-state index is 11.7. The highest BCUT2D eigenvalue weighted by Crippen LogP contribution is 2.47. The number of hydrogen-bond donors (Lipinski definition) is 0. The smallest absolute Gasteiger partial charge is 0.159 e. The molecule has 1 aliphatic heterocycles. The third-order valence-electron chi connectivity index (χ3n) is 6.78. The molecule has 1 saturated heterocycles. The number of likely N-dealkylation sites (tertiary alicyclic amines) is 1. The van der Waals surface area contributed by atoms with Crippen molar-refractivity contribution >= 4 is 5.78 Å². The molecule has 130 valence electrons. The second-order valence-corrected chi connectivity index (χ2v) is 8.07. The molecule has 1 aromatic carbocycles. The quantitative estimate of drug-likeness (QED) is 0.774. The van der Waals surface area contributed by atoms with E-state index in [9.17, 15) is 4.79 Å². The van der Waals surface area contributed by atoms with Crippen molar-refractivity contribution in [2.24, 2.45) is 11.8 Å². The van der Waals surface area contributed by atoms with Crippen molar-refractivity contribution in [2.75, 3.05) is 20.2 Å². The number of fused-ring (bicyclic) bond motifs is 2. The average molecular weight is 327 g/mol. The number of carbonyl (C=O) groups excluding carboxylic acids is 1. The predicted molar refractivity (Wildman–Crippen MR) is 95.8 cm³/mol. The maximum Gasteiger partial charge on any atom is 0.159 e. The molecular weight excluding hydrogens is 298 g/mol. The lowest BCUT2D eigenvalue weighted by Gasteiger charge is -2.40. The van der Waals surface area contributed by atoms with Crippen LogP contribution in [0, 0.1) is 11.8 Å².